The normalized spacial score (nSPS) is 19.4. The zero-order valence-corrected chi connectivity index (χ0v) is 14.6. The quantitative estimate of drug-likeness (QED) is 0.829. The average Bonchev–Trinajstić information content (AvgIpc) is 2.67. The highest BCUT2D eigenvalue weighted by atomic mass is 16.5. The maximum absolute atomic E-state index is 12.6. The predicted molar refractivity (Wildman–Crippen MR) is 93.2 cm³/mol. The summed E-state index contributed by atoms with van der Waals surface area (Å²) in [6.07, 6.45) is 6.80. The molecule has 1 amide bonds. The van der Waals surface area contributed by atoms with Crippen LogP contribution >= 0.6 is 0 Å². The SMILES string of the molecule is CCCOc1ccc(N2CCN(C(=O)C3CCCCC3)CC2)nn1. The van der Waals surface area contributed by atoms with Gasteiger partial charge in [0.05, 0.1) is 6.61 Å². The first kappa shape index (κ1) is 17.0. The molecule has 2 heterocycles. The summed E-state index contributed by atoms with van der Waals surface area (Å²) in [6.45, 7) is 5.94. The molecular weight excluding hydrogens is 304 g/mol. The first-order valence-corrected chi connectivity index (χ1v) is 9.28. The van der Waals surface area contributed by atoms with Gasteiger partial charge in [0.2, 0.25) is 11.8 Å². The summed E-state index contributed by atoms with van der Waals surface area (Å²) in [4.78, 5) is 16.8. The number of rotatable bonds is 5. The molecule has 1 saturated carbocycles. The van der Waals surface area contributed by atoms with Gasteiger partial charge in [0.15, 0.2) is 5.82 Å². The van der Waals surface area contributed by atoms with E-state index in [1.54, 1.807) is 0 Å². The second-order valence-electron chi connectivity index (χ2n) is 6.73. The van der Waals surface area contributed by atoms with Gasteiger partial charge in [0.25, 0.3) is 0 Å². The zero-order valence-electron chi connectivity index (χ0n) is 14.6. The van der Waals surface area contributed by atoms with Crippen LogP contribution in [0.3, 0.4) is 0 Å². The number of amides is 1. The number of hydrogen-bond acceptors (Lipinski definition) is 5. The Morgan fingerprint density at radius 2 is 1.88 bits per heavy atom. The van der Waals surface area contributed by atoms with Crippen LogP contribution in [0.15, 0.2) is 12.1 Å². The fraction of sp³-hybridized carbons (Fsp3) is 0.722. The minimum Gasteiger partial charge on any atom is -0.477 e. The zero-order chi connectivity index (χ0) is 16.8. The maximum Gasteiger partial charge on any atom is 0.233 e. The molecule has 0 bridgehead atoms. The molecule has 6 nitrogen and oxygen atoms in total. The first-order chi connectivity index (χ1) is 11.8. The van der Waals surface area contributed by atoms with Gasteiger partial charge in [-0.25, -0.2) is 0 Å². The summed E-state index contributed by atoms with van der Waals surface area (Å²) >= 11 is 0. The number of ether oxygens (including phenoxy) is 1. The van der Waals surface area contributed by atoms with Gasteiger partial charge < -0.3 is 14.5 Å². The molecular formula is C18H28N4O2. The van der Waals surface area contributed by atoms with Gasteiger partial charge in [-0.15, -0.1) is 10.2 Å². The van der Waals surface area contributed by atoms with E-state index in [1.165, 1.54) is 19.3 Å². The molecule has 6 heteroatoms. The third-order valence-corrected chi connectivity index (χ3v) is 4.95. The number of carbonyl (C=O) groups is 1. The Balaban J connectivity index is 1.50. The summed E-state index contributed by atoms with van der Waals surface area (Å²) in [5.74, 6) is 2.07. The van der Waals surface area contributed by atoms with Crippen LogP contribution in [-0.4, -0.2) is 53.8 Å². The monoisotopic (exact) mass is 332 g/mol. The number of hydrogen-bond donors (Lipinski definition) is 0. The Morgan fingerprint density at radius 3 is 2.50 bits per heavy atom. The van der Waals surface area contributed by atoms with E-state index in [2.05, 4.69) is 22.0 Å². The fourth-order valence-electron chi connectivity index (χ4n) is 3.53. The van der Waals surface area contributed by atoms with E-state index >= 15 is 0 Å². The highest BCUT2D eigenvalue weighted by molar-refractivity contribution is 5.79. The summed E-state index contributed by atoms with van der Waals surface area (Å²) in [6, 6.07) is 3.83. The van der Waals surface area contributed by atoms with Crippen LogP contribution in [0.5, 0.6) is 5.88 Å². The molecule has 1 aromatic heterocycles. The molecule has 0 unspecified atom stereocenters. The van der Waals surface area contributed by atoms with Crippen LogP contribution in [0.4, 0.5) is 5.82 Å². The summed E-state index contributed by atoms with van der Waals surface area (Å²) in [5.41, 5.74) is 0. The van der Waals surface area contributed by atoms with E-state index in [0.29, 0.717) is 18.4 Å². The van der Waals surface area contributed by atoms with Crippen LogP contribution in [0.2, 0.25) is 0 Å². The van der Waals surface area contributed by atoms with Crippen molar-refractivity contribution in [2.45, 2.75) is 45.4 Å². The van der Waals surface area contributed by atoms with Crippen molar-refractivity contribution in [1.82, 2.24) is 15.1 Å². The van der Waals surface area contributed by atoms with Crippen LogP contribution in [-0.2, 0) is 4.79 Å². The van der Waals surface area contributed by atoms with E-state index in [1.807, 2.05) is 17.0 Å². The fourth-order valence-corrected chi connectivity index (χ4v) is 3.53. The van der Waals surface area contributed by atoms with Crippen molar-refractivity contribution in [1.29, 1.82) is 0 Å². The molecule has 2 fully saturated rings. The van der Waals surface area contributed by atoms with E-state index in [-0.39, 0.29) is 5.92 Å². The highest BCUT2D eigenvalue weighted by Crippen LogP contribution is 2.26. The van der Waals surface area contributed by atoms with E-state index < -0.39 is 0 Å². The Kier molecular flexibility index (Phi) is 5.88. The van der Waals surface area contributed by atoms with Gasteiger partial charge in [0, 0.05) is 38.2 Å². The molecule has 132 valence electrons. The van der Waals surface area contributed by atoms with Crippen LogP contribution in [0.25, 0.3) is 0 Å². The number of piperazine rings is 1. The van der Waals surface area contributed by atoms with Crippen molar-refractivity contribution >= 4 is 11.7 Å². The van der Waals surface area contributed by atoms with Crippen molar-refractivity contribution in [3.05, 3.63) is 12.1 Å². The Labute approximate surface area is 144 Å². The Morgan fingerprint density at radius 1 is 1.12 bits per heavy atom. The molecule has 0 N–H and O–H groups in total. The van der Waals surface area contributed by atoms with Gasteiger partial charge in [-0.2, -0.15) is 0 Å². The molecule has 0 spiro atoms. The molecule has 0 radical (unpaired) electrons. The second kappa shape index (κ2) is 8.31. The van der Waals surface area contributed by atoms with E-state index in [0.717, 1.165) is 51.3 Å². The van der Waals surface area contributed by atoms with Crippen molar-refractivity contribution in [2.75, 3.05) is 37.7 Å². The Hall–Kier alpha value is -1.85. The molecule has 1 aliphatic heterocycles. The van der Waals surface area contributed by atoms with Gasteiger partial charge >= 0.3 is 0 Å². The number of aromatic nitrogens is 2. The molecule has 0 aromatic carbocycles. The lowest BCUT2D eigenvalue weighted by Gasteiger charge is -2.37. The molecule has 0 atom stereocenters. The van der Waals surface area contributed by atoms with Gasteiger partial charge in [-0.1, -0.05) is 26.2 Å². The molecule has 1 saturated heterocycles. The highest BCUT2D eigenvalue weighted by Gasteiger charge is 2.28. The first-order valence-electron chi connectivity index (χ1n) is 9.28. The van der Waals surface area contributed by atoms with E-state index in [4.69, 9.17) is 4.74 Å². The predicted octanol–water partition coefficient (Wildman–Crippen LogP) is 2.49. The second-order valence-corrected chi connectivity index (χ2v) is 6.73. The van der Waals surface area contributed by atoms with Gasteiger partial charge in [0.1, 0.15) is 0 Å². The number of anilines is 1. The lowest BCUT2D eigenvalue weighted by atomic mass is 9.88. The van der Waals surface area contributed by atoms with Crippen LogP contribution in [0, 0.1) is 5.92 Å². The minimum atomic E-state index is 0.264. The minimum absolute atomic E-state index is 0.264. The third-order valence-electron chi connectivity index (χ3n) is 4.95. The molecule has 1 aliphatic carbocycles. The van der Waals surface area contributed by atoms with Crippen LogP contribution < -0.4 is 9.64 Å². The number of nitrogens with zero attached hydrogens (tertiary/aromatic N) is 4. The smallest absolute Gasteiger partial charge is 0.233 e. The van der Waals surface area contributed by atoms with E-state index in [9.17, 15) is 4.79 Å². The molecule has 24 heavy (non-hydrogen) atoms. The van der Waals surface area contributed by atoms with Crippen molar-refractivity contribution in [3.63, 3.8) is 0 Å². The lowest BCUT2D eigenvalue weighted by Crippen LogP contribution is -2.50. The summed E-state index contributed by atoms with van der Waals surface area (Å²) < 4.78 is 5.47. The molecule has 3 rings (SSSR count). The number of carbonyl (C=O) groups excluding carboxylic acids is 1. The molecule has 1 aromatic rings. The van der Waals surface area contributed by atoms with Crippen molar-refractivity contribution in [2.24, 2.45) is 5.92 Å². The molecule has 2 aliphatic rings. The summed E-state index contributed by atoms with van der Waals surface area (Å²) in [7, 11) is 0. The Bertz CT molecular complexity index is 520. The summed E-state index contributed by atoms with van der Waals surface area (Å²) in [5, 5.41) is 8.39. The maximum atomic E-state index is 12.6. The largest absolute Gasteiger partial charge is 0.477 e. The standard InChI is InChI=1S/C18H28N4O2/c1-2-14-24-17-9-8-16(19-20-17)21-10-12-22(13-11-21)18(23)15-6-4-3-5-7-15/h8-9,15H,2-7,10-14H2,1H3. The topological polar surface area (TPSA) is 58.6 Å². The average molecular weight is 332 g/mol. The van der Waals surface area contributed by atoms with Crippen molar-refractivity contribution in [3.8, 4) is 5.88 Å². The van der Waals surface area contributed by atoms with Crippen molar-refractivity contribution < 1.29 is 9.53 Å². The van der Waals surface area contributed by atoms with Crippen LogP contribution in [0.1, 0.15) is 45.4 Å². The lowest BCUT2D eigenvalue weighted by molar-refractivity contribution is -0.136. The van der Waals surface area contributed by atoms with Gasteiger partial charge in [-0.05, 0) is 25.3 Å². The van der Waals surface area contributed by atoms with Gasteiger partial charge in [-0.3, -0.25) is 4.79 Å². The third kappa shape index (κ3) is 4.16.